The highest BCUT2D eigenvalue weighted by molar-refractivity contribution is 6.04. The number of benzene rings is 1. The lowest BCUT2D eigenvalue weighted by Gasteiger charge is -2.39. The zero-order valence-corrected chi connectivity index (χ0v) is 22.2. The van der Waals surface area contributed by atoms with Gasteiger partial charge in [0.05, 0.1) is 24.2 Å². The summed E-state index contributed by atoms with van der Waals surface area (Å²) < 4.78 is 5.67. The van der Waals surface area contributed by atoms with E-state index >= 15 is 0 Å². The average Bonchev–Trinajstić information content (AvgIpc) is 3.76. The number of hydrogen-bond donors (Lipinski definition) is 2. The second-order valence-corrected chi connectivity index (χ2v) is 11.0. The van der Waals surface area contributed by atoms with Gasteiger partial charge in [0.25, 0.3) is 5.91 Å². The van der Waals surface area contributed by atoms with Crippen LogP contribution in [0.1, 0.15) is 55.4 Å². The van der Waals surface area contributed by atoms with E-state index in [0.29, 0.717) is 22.8 Å². The van der Waals surface area contributed by atoms with Crippen LogP contribution >= 0.6 is 0 Å². The van der Waals surface area contributed by atoms with Gasteiger partial charge in [-0.25, -0.2) is 4.98 Å². The summed E-state index contributed by atoms with van der Waals surface area (Å²) in [6.07, 6.45) is 11.7. The molecule has 2 N–H and O–H groups in total. The van der Waals surface area contributed by atoms with Gasteiger partial charge in [0.2, 0.25) is 0 Å². The van der Waals surface area contributed by atoms with Gasteiger partial charge in [-0.15, -0.1) is 0 Å². The molecule has 2 unspecified atom stereocenters. The predicted molar refractivity (Wildman–Crippen MR) is 150 cm³/mol. The van der Waals surface area contributed by atoms with Gasteiger partial charge in [-0.2, -0.15) is 5.10 Å². The molecule has 3 fully saturated rings. The number of aromatic nitrogens is 3. The second-order valence-electron chi connectivity index (χ2n) is 11.0. The molecule has 3 heterocycles. The van der Waals surface area contributed by atoms with Crippen LogP contribution in [0.15, 0.2) is 48.7 Å². The molecule has 2 aromatic heterocycles. The minimum Gasteiger partial charge on any atom is -0.494 e. The van der Waals surface area contributed by atoms with E-state index in [-0.39, 0.29) is 5.91 Å². The Hall–Kier alpha value is -3.39. The number of pyridine rings is 1. The van der Waals surface area contributed by atoms with E-state index < -0.39 is 0 Å². The van der Waals surface area contributed by atoms with Crippen molar-refractivity contribution in [3.8, 4) is 17.1 Å². The number of nitrogens with zero attached hydrogens (tertiary/aromatic N) is 4. The fourth-order valence-electron chi connectivity index (χ4n) is 6.80. The van der Waals surface area contributed by atoms with Crippen LogP contribution in [0.2, 0.25) is 0 Å². The Morgan fingerprint density at radius 1 is 1.00 bits per heavy atom. The fourth-order valence-corrected chi connectivity index (χ4v) is 6.80. The first kappa shape index (κ1) is 24.9. The molecule has 3 aliphatic rings. The molecule has 200 valence electrons. The van der Waals surface area contributed by atoms with Crippen LogP contribution in [0, 0.1) is 11.8 Å². The van der Waals surface area contributed by atoms with Crippen molar-refractivity contribution < 1.29 is 9.53 Å². The third-order valence-corrected chi connectivity index (χ3v) is 8.90. The number of piperazine rings is 1. The number of rotatable bonds is 7. The molecule has 38 heavy (non-hydrogen) atoms. The van der Waals surface area contributed by atoms with Gasteiger partial charge in [0.1, 0.15) is 11.4 Å². The summed E-state index contributed by atoms with van der Waals surface area (Å²) in [7, 11) is 1.64. The smallest absolute Gasteiger partial charge is 0.274 e. The minimum atomic E-state index is -0.279. The van der Waals surface area contributed by atoms with E-state index in [0.717, 1.165) is 55.4 Å². The fraction of sp³-hybridized carbons (Fsp3) is 0.500. The van der Waals surface area contributed by atoms with Crippen LogP contribution in [0.5, 0.6) is 5.75 Å². The van der Waals surface area contributed by atoms with E-state index in [9.17, 15) is 4.79 Å². The molecule has 1 saturated heterocycles. The number of carbonyl (C=O) groups is 1. The molecule has 0 spiro atoms. The average molecular weight is 515 g/mol. The van der Waals surface area contributed by atoms with Gasteiger partial charge in [0, 0.05) is 50.2 Å². The standard InChI is InChI=1S/C30H38N6O2/c1-38-29-20-24(36-17-15-35(16-18-36)23-10-9-22(19-23)21-5-2-3-6-21)11-12-27(29)33-30(37)28-8-4-7-25(32-28)26-13-14-31-34-26/h4,7-8,11-14,20-23H,2-3,5-6,9-10,15-19H2,1H3,(H,31,34)(H,33,37). The van der Waals surface area contributed by atoms with Crippen LogP contribution in [0.25, 0.3) is 11.4 Å². The van der Waals surface area contributed by atoms with Gasteiger partial charge in [-0.05, 0) is 61.4 Å². The number of carbonyl (C=O) groups excluding carboxylic acids is 1. The first-order valence-electron chi connectivity index (χ1n) is 14.1. The molecule has 2 atom stereocenters. The van der Waals surface area contributed by atoms with Crippen molar-refractivity contribution in [3.63, 3.8) is 0 Å². The second kappa shape index (κ2) is 11.2. The summed E-state index contributed by atoms with van der Waals surface area (Å²) >= 11 is 0. The molecule has 3 aromatic rings. The number of ether oxygens (including phenoxy) is 1. The maximum absolute atomic E-state index is 13.0. The van der Waals surface area contributed by atoms with Gasteiger partial charge < -0.3 is 15.0 Å². The number of aromatic amines is 1. The van der Waals surface area contributed by atoms with Crippen molar-refractivity contribution in [2.75, 3.05) is 43.5 Å². The molecular formula is C30H38N6O2. The zero-order valence-electron chi connectivity index (χ0n) is 22.2. The topological polar surface area (TPSA) is 86.4 Å². The lowest BCUT2D eigenvalue weighted by Crippen LogP contribution is -2.49. The molecule has 2 saturated carbocycles. The van der Waals surface area contributed by atoms with E-state index in [4.69, 9.17) is 4.74 Å². The maximum Gasteiger partial charge on any atom is 0.274 e. The van der Waals surface area contributed by atoms with Crippen LogP contribution < -0.4 is 15.0 Å². The summed E-state index contributed by atoms with van der Waals surface area (Å²) in [5.74, 6) is 2.34. The quantitative estimate of drug-likeness (QED) is 0.450. The summed E-state index contributed by atoms with van der Waals surface area (Å²) in [6.45, 7) is 4.26. The highest BCUT2D eigenvalue weighted by Crippen LogP contribution is 2.42. The third-order valence-electron chi connectivity index (χ3n) is 8.90. The third kappa shape index (κ3) is 5.27. The summed E-state index contributed by atoms with van der Waals surface area (Å²) in [5.41, 5.74) is 3.54. The first-order chi connectivity index (χ1) is 18.7. The Kier molecular flexibility index (Phi) is 7.31. The number of methoxy groups -OCH3 is 1. The Bertz CT molecular complexity index is 1230. The Morgan fingerprint density at radius 3 is 2.61 bits per heavy atom. The highest BCUT2D eigenvalue weighted by Gasteiger charge is 2.35. The Morgan fingerprint density at radius 2 is 1.84 bits per heavy atom. The van der Waals surface area contributed by atoms with E-state index in [1.807, 2.05) is 30.3 Å². The zero-order chi connectivity index (χ0) is 25.9. The molecule has 0 radical (unpaired) electrons. The molecule has 1 aromatic carbocycles. The number of amides is 1. The molecular weight excluding hydrogens is 476 g/mol. The highest BCUT2D eigenvalue weighted by atomic mass is 16.5. The predicted octanol–water partition coefficient (Wildman–Crippen LogP) is 5.21. The van der Waals surface area contributed by atoms with Crippen molar-refractivity contribution in [1.29, 1.82) is 0 Å². The van der Waals surface area contributed by atoms with E-state index in [2.05, 4.69) is 36.4 Å². The summed E-state index contributed by atoms with van der Waals surface area (Å²) in [4.78, 5) is 22.6. The number of hydrogen-bond acceptors (Lipinski definition) is 6. The van der Waals surface area contributed by atoms with Gasteiger partial charge >= 0.3 is 0 Å². The monoisotopic (exact) mass is 514 g/mol. The van der Waals surface area contributed by atoms with Gasteiger partial charge in [0.15, 0.2) is 0 Å². The first-order valence-corrected chi connectivity index (χ1v) is 14.1. The van der Waals surface area contributed by atoms with Crippen LogP contribution in [0.4, 0.5) is 11.4 Å². The van der Waals surface area contributed by atoms with Crippen molar-refractivity contribution >= 4 is 17.3 Å². The minimum absolute atomic E-state index is 0.279. The van der Waals surface area contributed by atoms with E-state index in [1.54, 1.807) is 19.4 Å². The summed E-state index contributed by atoms with van der Waals surface area (Å²) in [6, 6.07) is 14.0. The maximum atomic E-state index is 13.0. The van der Waals surface area contributed by atoms with Crippen LogP contribution in [-0.2, 0) is 0 Å². The molecule has 1 aliphatic heterocycles. The lowest BCUT2D eigenvalue weighted by atomic mass is 9.89. The molecule has 6 rings (SSSR count). The largest absolute Gasteiger partial charge is 0.494 e. The number of H-pyrrole nitrogens is 1. The summed E-state index contributed by atoms with van der Waals surface area (Å²) in [5, 5.41) is 9.82. The molecule has 8 nitrogen and oxygen atoms in total. The molecule has 2 aliphatic carbocycles. The van der Waals surface area contributed by atoms with Crippen molar-refractivity contribution in [1.82, 2.24) is 20.1 Å². The normalized spacial score (nSPS) is 22.6. The van der Waals surface area contributed by atoms with E-state index in [1.165, 1.54) is 44.9 Å². The van der Waals surface area contributed by atoms with Crippen molar-refractivity contribution in [3.05, 3.63) is 54.4 Å². The van der Waals surface area contributed by atoms with Gasteiger partial charge in [-0.1, -0.05) is 31.7 Å². The van der Waals surface area contributed by atoms with Crippen LogP contribution in [-0.4, -0.2) is 65.3 Å². The Balaban J connectivity index is 1.06. The molecule has 0 bridgehead atoms. The van der Waals surface area contributed by atoms with Crippen molar-refractivity contribution in [2.45, 2.75) is 51.0 Å². The molecule has 8 heteroatoms. The van der Waals surface area contributed by atoms with Crippen LogP contribution in [0.3, 0.4) is 0 Å². The number of anilines is 2. The van der Waals surface area contributed by atoms with Crippen molar-refractivity contribution in [2.24, 2.45) is 11.8 Å². The Labute approximate surface area is 224 Å². The molecule has 1 amide bonds. The SMILES string of the molecule is COc1cc(N2CCN(C3CCC(C4CCCC4)C3)CC2)ccc1NC(=O)c1cccc(-c2ccn[nH]2)n1. The number of nitrogens with one attached hydrogen (secondary N) is 2. The lowest BCUT2D eigenvalue weighted by molar-refractivity contribution is 0.102. The van der Waals surface area contributed by atoms with Gasteiger partial charge in [-0.3, -0.25) is 14.8 Å².